The predicted octanol–water partition coefficient (Wildman–Crippen LogP) is -3.30. The summed E-state index contributed by atoms with van der Waals surface area (Å²) in [6.45, 7) is 0.173. The lowest BCUT2D eigenvalue weighted by atomic mass is 10.0. The van der Waals surface area contributed by atoms with Gasteiger partial charge in [-0.25, -0.2) is 4.79 Å². The molecule has 0 radical (unpaired) electrons. The number of aromatic hydroxyl groups is 1. The summed E-state index contributed by atoms with van der Waals surface area (Å²) < 4.78 is 4.87. The first-order valence-electron chi connectivity index (χ1n) is 28.6. The fraction of sp³-hybridized carbons (Fsp3) is 0.424. The zero-order valence-corrected chi connectivity index (χ0v) is 50.6. The molecule has 1 fully saturated rings. The highest BCUT2D eigenvalue weighted by Gasteiger charge is 2.37. The van der Waals surface area contributed by atoms with Gasteiger partial charge in [-0.1, -0.05) is 60.7 Å². The van der Waals surface area contributed by atoms with E-state index in [9.17, 15) is 87.5 Å². The van der Waals surface area contributed by atoms with Crippen LogP contribution in [0.5, 0.6) is 5.75 Å². The Bertz CT molecular complexity index is 3290. The number of amides is 11. The van der Waals surface area contributed by atoms with E-state index in [0.717, 1.165) is 14.0 Å². The average molecular weight is 1290 g/mol. The maximum Gasteiger partial charge on any atom is 0.328 e. The molecule has 1 aliphatic rings. The second-order valence-electron chi connectivity index (χ2n) is 21.2. The van der Waals surface area contributed by atoms with E-state index >= 15 is 0 Å². The number of nitrogens with two attached hydrogens (primary N) is 1. The zero-order valence-electron chi connectivity index (χ0n) is 49.7. The maximum absolute atomic E-state index is 14.5. The molecule has 0 bridgehead atoms. The number of phenolic OH excluding ortho intramolecular Hbond substituents is 1. The van der Waals surface area contributed by atoms with Gasteiger partial charge in [0.25, 0.3) is 0 Å². The molecule has 1 saturated heterocycles. The van der Waals surface area contributed by atoms with Crippen LogP contribution in [-0.4, -0.2) is 194 Å². The van der Waals surface area contributed by atoms with Crippen LogP contribution < -0.4 is 58.9 Å². The van der Waals surface area contributed by atoms with Crippen molar-refractivity contribution >= 4 is 106 Å². The number of carboxylic acids is 2. The second-order valence-corrected chi connectivity index (χ2v) is 22.2. The normalized spacial score (nSPS) is 15.6. The van der Waals surface area contributed by atoms with Gasteiger partial charge in [0, 0.05) is 49.2 Å². The number of rotatable bonds is 36. The molecule has 1 aliphatic heterocycles. The SMILES string of the molecule is COC(=O)[C@H](Cc1ccccc1)NC(=O)[C@H](CC(=O)O)NC(=O)[C@H](CCSC)NC(=O)[C@H](Cc1c[nH]c2ccccc12)NC(=O)CNC(=O)[C@@H](NC(=O)[C@H](Cc1ccc(O)cc1)NC(=O)[C@H](CC(=O)O)NC(=O)[C@H](CCC(N)=O)NC(=O)[C@@H]1CCC(=O)N1)[C@@H](C)O. The van der Waals surface area contributed by atoms with E-state index < -0.39 is 182 Å². The number of fused-ring (bicyclic) bond motifs is 1. The fourth-order valence-corrected chi connectivity index (χ4v) is 9.92. The Morgan fingerprint density at radius 1 is 0.626 bits per heavy atom. The summed E-state index contributed by atoms with van der Waals surface area (Å²) in [5.74, 6) is -14.9. The number of carbonyl (C=O) groups excluding carboxylic acids is 12. The third kappa shape index (κ3) is 23.1. The van der Waals surface area contributed by atoms with E-state index in [1.165, 1.54) is 36.0 Å². The van der Waals surface area contributed by atoms with Gasteiger partial charge in [-0.05, 0) is 73.1 Å². The number of aliphatic hydroxyl groups is 1. The summed E-state index contributed by atoms with van der Waals surface area (Å²) in [5.41, 5.74) is 7.34. The highest BCUT2D eigenvalue weighted by molar-refractivity contribution is 7.98. The lowest BCUT2D eigenvalue weighted by molar-refractivity contribution is -0.146. The maximum atomic E-state index is 14.5. The molecule has 31 nitrogen and oxygen atoms in total. The van der Waals surface area contributed by atoms with Crippen molar-refractivity contribution in [1.29, 1.82) is 0 Å². The summed E-state index contributed by atoms with van der Waals surface area (Å²) in [6, 6.07) is 6.30. The Kier molecular flexibility index (Phi) is 27.7. The molecule has 5 rings (SSSR count). The molecule has 490 valence electrons. The van der Waals surface area contributed by atoms with Crippen molar-refractivity contribution in [2.24, 2.45) is 5.73 Å². The lowest BCUT2D eigenvalue weighted by Crippen LogP contribution is -2.61. The number of carbonyl (C=O) groups is 14. The second kappa shape index (κ2) is 35.2. The summed E-state index contributed by atoms with van der Waals surface area (Å²) >= 11 is 1.28. The number of phenols is 1. The molecular weight excluding hydrogens is 1210 g/mol. The van der Waals surface area contributed by atoms with Gasteiger partial charge in [-0.2, -0.15) is 11.8 Å². The summed E-state index contributed by atoms with van der Waals surface area (Å²) in [6.07, 6.45) is -2.12. The first kappa shape index (κ1) is 71.6. The molecule has 0 aliphatic carbocycles. The minimum absolute atomic E-state index is 0.00686. The Hall–Kier alpha value is -10.1. The molecule has 3 aromatic carbocycles. The van der Waals surface area contributed by atoms with Crippen molar-refractivity contribution in [3.63, 3.8) is 0 Å². The molecule has 10 atom stereocenters. The van der Waals surface area contributed by atoms with E-state index in [1.807, 2.05) is 0 Å². The minimum atomic E-state index is -1.98. The number of H-pyrrole nitrogens is 1. The minimum Gasteiger partial charge on any atom is -0.508 e. The number of para-hydroxylation sites is 1. The number of benzene rings is 3. The quantitative estimate of drug-likeness (QED) is 0.0198. The number of hydrogen-bond acceptors (Lipinski definition) is 18. The van der Waals surface area contributed by atoms with E-state index in [-0.39, 0.29) is 49.2 Å². The molecule has 1 aromatic heterocycles. The molecule has 32 heteroatoms. The summed E-state index contributed by atoms with van der Waals surface area (Å²) in [4.78, 5) is 189. The summed E-state index contributed by atoms with van der Waals surface area (Å²) in [5, 5.41) is 65.0. The largest absolute Gasteiger partial charge is 0.508 e. The standard InChI is InChI=1S/C59H74N12O19S/c1-30(72)50(71-57(87)40(23-32-13-15-34(73)16-14-32)67-55(85)42(26-48(77)78)68-52(82)38(17-19-45(60)74)65-51(81)37-18-20-46(75)63-37)58(88)62-29-47(76)64-41(25-33-28-61-36-12-8-7-11-35(33)36)54(84)66-39(21-22-91-3)53(83)69-43(27-49(79)80)56(86)70-44(59(89)90-2)24-31-9-5-4-6-10-31/h4-16,28,30,37-44,50,61,72-73H,17-27,29H2,1-3H3,(H2,60,74)(H,62,88)(H,63,75)(H,64,76)(H,65,81)(H,66,84)(H,67,85)(H,68,82)(H,69,83)(H,70,86)(H,71,87)(H,77,78)(H,79,80)/t30-,37+,38+,39+,40+,41+,42+,43+,44+,50+/m1/s1. The number of primary amides is 1. The molecule has 0 unspecified atom stereocenters. The molecule has 0 saturated carbocycles. The van der Waals surface area contributed by atoms with Crippen LogP contribution in [0.25, 0.3) is 10.9 Å². The van der Waals surface area contributed by atoms with Crippen LogP contribution in [0.4, 0.5) is 0 Å². The van der Waals surface area contributed by atoms with Crippen LogP contribution in [-0.2, 0) is 91.1 Å². The number of methoxy groups -OCH3 is 1. The monoisotopic (exact) mass is 1290 g/mol. The first-order chi connectivity index (χ1) is 43.2. The molecule has 17 N–H and O–H groups in total. The smallest absolute Gasteiger partial charge is 0.328 e. The van der Waals surface area contributed by atoms with Crippen molar-refractivity contribution < 1.29 is 92.3 Å². The number of nitrogens with one attached hydrogen (secondary N) is 11. The lowest BCUT2D eigenvalue weighted by Gasteiger charge is -2.27. The van der Waals surface area contributed by atoms with Crippen LogP contribution in [0.1, 0.15) is 68.6 Å². The highest BCUT2D eigenvalue weighted by atomic mass is 32.2. The van der Waals surface area contributed by atoms with Crippen molar-refractivity contribution in [3.05, 3.63) is 102 Å². The molecular formula is C59H74N12O19S. The fourth-order valence-electron chi connectivity index (χ4n) is 9.45. The van der Waals surface area contributed by atoms with Crippen molar-refractivity contribution in [2.45, 2.75) is 132 Å². The number of aliphatic hydroxyl groups excluding tert-OH is 1. The third-order valence-corrected chi connectivity index (χ3v) is 14.9. The predicted molar refractivity (Wildman–Crippen MR) is 323 cm³/mol. The van der Waals surface area contributed by atoms with Gasteiger partial charge in [0.15, 0.2) is 0 Å². The molecule has 91 heavy (non-hydrogen) atoms. The topological polar surface area (TPSA) is 491 Å². The number of aliphatic carboxylic acids is 2. The molecule has 4 aromatic rings. The van der Waals surface area contributed by atoms with Gasteiger partial charge in [0.2, 0.25) is 65.0 Å². The van der Waals surface area contributed by atoms with E-state index in [1.54, 1.807) is 67.0 Å². The number of aromatic amines is 1. The Morgan fingerprint density at radius 2 is 1.14 bits per heavy atom. The molecule has 2 heterocycles. The van der Waals surface area contributed by atoms with Gasteiger partial charge in [0.1, 0.15) is 60.1 Å². The Morgan fingerprint density at radius 3 is 1.71 bits per heavy atom. The number of esters is 1. The van der Waals surface area contributed by atoms with Crippen molar-refractivity contribution in [1.82, 2.24) is 58.2 Å². The molecule has 11 amide bonds. The van der Waals surface area contributed by atoms with E-state index in [0.29, 0.717) is 22.0 Å². The Labute approximate surface area is 524 Å². The average Bonchev–Trinajstić information content (AvgIpc) is 2.04. The zero-order chi connectivity index (χ0) is 66.9. The van der Waals surface area contributed by atoms with Crippen LogP contribution in [0, 0.1) is 0 Å². The number of aromatic nitrogens is 1. The van der Waals surface area contributed by atoms with Gasteiger partial charge < -0.3 is 89.0 Å². The number of carboxylic acid groups (broad SMARTS) is 2. The van der Waals surface area contributed by atoms with Gasteiger partial charge >= 0.3 is 17.9 Å². The molecule has 0 spiro atoms. The van der Waals surface area contributed by atoms with Crippen LogP contribution in [0.15, 0.2) is 85.1 Å². The number of thioether (sulfide) groups is 1. The van der Waals surface area contributed by atoms with Crippen LogP contribution in [0.3, 0.4) is 0 Å². The van der Waals surface area contributed by atoms with Crippen LogP contribution >= 0.6 is 11.8 Å². The van der Waals surface area contributed by atoms with Gasteiger partial charge in [0.05, 0.1) is 32.6 Å². The number of hydrogen-bond donors (Lipinski definition) is 16. The highest BCUT2D eigenvalue weighted by Crippen LogP contribution is 2.20. The van der Waals surface area contributed by atoms with Gasteiger partial charge in [-0.15, -0.1) is 0 Å². The van der Waals surface area contributed by atoms with Crippen molar-refractivity contribution in [3.8, 4) is 5.75 Å². The van der Waals surface area contributed by atoms with E-state index in [4.69, 9.17) is 10.5 Å². The summed E-state index contributed by atoms with van der Waals surface area (Å²) in [7, 11) is 1.09. The van der Waals surface area contributed by atoms with Crippen LogP contribution in [0.2, 0.25) is 0 Å². The third-order valence-electron chi connectivity index (χ3n) is 14.2. The van der Waals surface area contributed by atoms with Crippen molar-refractivity contribution in [2.75, 3.05) is 25.7 Å². The Balaban J connectivity index is 1.33. The first-order valence-corrected chi connectivity index (χ1v) is 30.0. The number of ether oxygens (including phenoxy) is 1. The van der Waals surface area contributed by atoms with E-state index in [2.05, 4.69) is 58.2 Å². The van der Waals surface area contributed by atoms with Gasteiger partial charge in [-0.3, -0.25) is 62.3 Å².